The third-order valence-corrected chi connectivity index (χ3v) is 13.1. The number of benzene rings is 2. The van der Waals surface area contributed by atoms with E-state index < -0.39 is 6.16 Å². The zero-order valence-corrected chi connectivity index (χ0v) is 39.9. The molecule has 7 rings (SSSR count). The molecule has 2 aromatic carbocycles. The molecule has 2 aromatic rings. The van der Waals surface area contributed by atoms with Crippen molar-refractivity contribution in [1.29, 1.82) is 0 Å². The predicted octanol–water partition coefficient (Wildman–Crippen LogP) is 7.40. The molecular formula is C50H80CoN8O5+2. The number of aromatic hydroxyl groups is 2. The number of phenols is 2. The van der Waals surface area contributed by atoms with Gasteiger partial charge in [0, 0.05) is 66.0 Å². The van der Waals surface area contributed by atoms with E-state index in [1.165, 1.54) is 48.7 Å². The van der Waals surface area contributed by atoms with Crippen LogP contribution in [0.25, 0.3) is 0 Å². The number of phenolic OH excluding ortho intramolecular Hbond substituents is 2. The maximum atomic E-state index is 11.7. The van der Waals surface area contributed by atoms with Crippen LogP contribution < -0.4 is 10.6 Å². The van der Waals surface area contributed by atoms with E-state index in [0.29, 0.717) is 11.5 Å². The van der Waals surface area contributed by atoms with Gasteiger partial charge in [-0.25, -0.2) is 4.79 Å². The summed E-state index contributed by atoms with van der Waals surface area (Å²) in [5, 5.41) is 44.6. The van der Waals surface area contributed by atoms with Gasteiger partial charge in [-0.05, 0) is 83.7 Å². The van der Waals surface area contributed by atoms with Crippen molar-refractivity contribution in [2.24, 2.45) is 9.98 Å². The molecule has 1 aliphatic carbocycles. The summed E-state index contributed by atoms with van der Waals surface area (Å²) in [6.45, 7) is 24.3. The normalized spacial score (nSPS) is 20.3. The smallest absolute Gasteiger partial charge is 0.503 e. The molecule has 0 spiro atoms. The number of aliphatic imine (C=N–C) groups is 2. The van der Waals surface area contributed by atoms with Crippen LogP contribution in [0.1, 0.15) is 147 Å². The molecule has 1 fully saturated rings. The van der Waals surface area contributed by atoms with Crippen molar-refractivity contribution in [3.63, 3.8) is 0 Å². The molecule has 2 unspecified atom stereocenters. The third kappa shape index (κ3) is 14.1. The Morgan fingerprint density at radius 3 is 1.42 bits per heavy atom. The number of hydrogen-bond donors (Lipinski definition) is 6. The fraction of sp³-hybridized carbons (Fsp3) is 0.660. The fourth-order valence-electron chi connectivity index (χ4n) is 9.58. The molecular weight excluding hydrogens is 852 g/mol. The summed E-state index contributed by atoms with van der Waals surface area (Å²) < 4.78 is 5.01. The quantitative estimate of drug-likeness (QED) is 0.0943. The van der Waals surface area contributed by atoms with Crippen LogP contribution in [-0.2, 0) is 40.5 Å². The molecule has 0 bridgehead atoms. The minimum atomic E-state index is -1.83. The van der Waals surface area contributed by atoms with E-state index >= 15 is 0 Å². The molecule has 4 aliphatic heterocycles. The van der Waals surface area contributed by atoms with Gasteiger partial charge >= 0.3 is 18.1 Å². The van der Waals surface area contributed by atoms with Gasteiger partial charge < -0.3 is 20.4 Å². The second-order valence-corrected chi connectivity index (χ2v) is 20.0. The minimum absolute atomic E-state index is 0. The Balaban J connectivity index is 0.00000144. The molecule has 357 valence electrons. The number of rotatable bonds is 12. The number of carboxylic acid groups (broad SMARTS) is 2. The first-order valence-electron chi connectivity index (χ1n) is 23.5. The number of nitrogens with one attached hydrogen (secondary N) is 2. The largest absolute Gasteiger partial charge is 0.507 e. The van der Waals surface area contributed by atoms with Crippen LogP contribution >= 0.6 is 0 Å². The van der Waals surface area contributed by atoms with Gasteiger partial charge in [0.25, 0.3) is 0 Å². The van der Waals surface area contributed by atoms with Crippen LogP contribution in [-0.4, -0.2) is 147 Å². The number of guanidine groups is 2. The van der Waals surface area contributed by atoms with Crippen molar-refractivity contribution >= 4 is 30.5 Å². The van der Waals surface area contributed by atoms with Crippen molar-refractivity contribution < 1.29 is 51.2 Å². The summed E-state index contributed by atoms with van der Waals surface area (Å²) in [4.78, 5) is 23.9. The van der Waals surface area contributed by atoms with Crippen molar-refractivity contribution in [3.05, 3.63) is 57.6 Å². The van der Waals surface area contributed by atoms with Crippen molar-refractivity contribution in [2.45, 2.75) is 149 Å². The topological polar surface area (TPSA) is 159 Å². The summed E-state index contributed by atoms with van der Waals surface area (Å²) in [6.07, 6.45) is 14.6. The van der Waals surface area contributed by atoms with Crippen molar-refractivity contribution in [1.82, 2.24) is 20.4 Å². The van der Waals surface area contributed by atoms with Crippen LogP contribution in [0.4, 0.5) is 4.79 Å². The first-order chi connectivity index (χ1) is 29.6. The van der Waals surface area contributed by atoms with Crippen molar-refractivity contribution in [2.75, 3.05) is 65.4 Å². The fourth-order valence-corrected chi connectivity index (χ4v) is 9.58. The van der Waals surface area contributed by atoms with Gasteiger partial charge in [-0.3, -0.25) is 39.6 Å². The van der Waals surface area contributed by atoms with Gasteiger partial charge in [0.05, 0.1) is 77.5 Å². The number of nitrogens with zero attached hydrogens (tertiary/aromatic N) is 6. The molecule has 1 radical (unpaired) electrons. The summed E-state index contributed by atoms with van der Waals surface area (Å²) in [5.74, 6) is 3.32. The average Bonchev–Trinajstić information content (AvgIpc) is 3.23. The van der Waals surface area contributed by atoms with Gasteiger partial charge in [0.1, 0.15) is 11.5 Å². The second kappa shape index (κ2) is 23.8. The van der Waals surface area contributed by atoms with E-state index in [9.17, 15) is 10.2 Å². The molecule has 4 heterocycles. The molecule has 2 atom stereocenters. The zero-order chi connectivity index (χ0) is 44.4. The molecule has 13 nitrogen and oxygen atoms in total. The van der Waals surface area contributed by atoms with E-state index in [1.54, 1.807) is 0 Å². The van der Waals surface area contributed by atoms with Gasteiger partial charge in [0.15, 0.2) is 0 Å². The number of aryl methyl sites for hydroxylation is 2. The molecule has 5 aliphatic rings. The minimum Gasteiger partial charge on any atom is -0.507 e. The summed E-state index contributed by atoms with van der Waals surface area (Å²) in [6, 6.07) is 8.75. The van der Waals surface area contributed by atoms with Crippen LogP contribution in [0, 0.1) is 0 Å². The SMILES string of the molecule is C.CC(C)(C)c1cc(C=NC2CCCCC2N=Cc2cc(C(C)(C)C)cc(CCCN3CCC[N+]4=C3NCCC4)c2O)c(O)c(CCCN2CCC[N+]3=C2NCCC3)c1.O=C(O)O.[Co]. The molecule has 64 heavy (non-hydrogen) atoms. The number of carbonyl (C=O) groups is 1. The Kier molecular flexibility index (Phi) is 19.4. The molecule has 0 amide bonds. The maximum absolute atomic E-state index is 11.7. The van der Waals surface area contributed by atoms with Gasteiger partial charge in [-0.2, -0.15) is 0 Å². The summed E-state index contributed by atoms with van der Waals surface area (Å²) in [5.41, 5.74) is 5.96. The van der Waals surface area contributed by atoms with Crippen LogP contribution in [0.2, 0.25) is 0 Å². The van der Waals surface area contributed by atoms with Crippen molar-refractivity contribution in [3.8, 4) is 11.5 Å². The van der Waals surface area contributed by atoms with E-state index in [4.69, 9.17) is 25.0 Å². The first-order valence-corrected chi connectivity index (χ1v) is 23.5. The Morgan fingerprint density at radius 1 is 0.672 bits per heavy atom. The van der Waals surface area contributed by atoms with Crippen LogP contribution in [0.5, 0.6) is 11.5 Å². The van der Waals surface area contributed by atoms with Gasteiger partial charge in [-0.1, -0.05) is 73.9 Å². The first kappa shape index (κ1) is 52.3. The van der Waals surface area contributed by atoms with Gasteiger partial charge in [-0.15, -0.1) is 0 Å². The standard InChI is InChI=1S/C48H72N8O2.CH2O3.CH4.Co/c1-47(2,3)39-29-35(15-9-21-53-25-13-27-55-23-11-19-49-45(53)55)43(57)37(31-39)33-51-41-17-7-8-18-42(41)52-34-38-32-40(48(4,5)6)30-36(44(38)58)16-10-22-54-26-14-28-56-24-12-20-50-46(54)56;2-1(3)4;;/h29-34,41-42H,7-28H2,1-6H3,(H2,51,52,57,58);(H2,2,3,4);1H4;/p+2. The molecule has 0 aromatic heterocycles. The molecule has 6 N–H and O–H groups in total. The average molecular weight is 932 g/mol. The van der Waals surface area contributed by atoms with E-state index in [2.05, 4.69) is 95.4 Å². The Bertz CT molecular complexity index is 1850. The Morgan fingerprint density at radius 2 is 1.05 bits per heavy atom. The maximum Gasteiger partial charge on any atom is 0.503 e. The summed E-state index contributed by atoms with van der Waals surface area (Å²) >= 11 is 0. The Hall–Kier alpha value is -4.30. The van der Waals surface area contributed by atoms with E-state index in [0.717, 1.165) is 139 Å². The Labute approximate surface area is 394 Å². The monoisotopic (exact) mass is 932 g/mol. The number of hydrogen-bond acceptors (Lipinski definition) is 9. The van der Waals surface area contributed by atoms with E-state index in [-0.39, 0.29) is 47.1 Å². The third-order valence-electron chi connectivity index (χ3n) is 13.1. The van der Waals surface area contributed by atoms with Gasteiger partial charge in [0.2, 0.25) is 0 Å². The van der Waals surface area contributed by atoms with E-state index in [1.807, 2.05) is 12.4 Å². The van der Waals surface area contributed by atoms with Crippen LogP contribution in [0.3, 0.4) is 0 Å². The predicted molar refractivity (Wildman–Crippen MR) is 256 cm³/mol. The molecule has 14 heteroatoms. The van der Waals surface area contributed by atoms with Crippen LogP contribution in [0.15, 0.2) is 34.3 Å². The summed E-state index contributed by atoms with van der Waals surface area (Å²) in [7, 11) is 0. The molecule has 0 saturated heterocycles. The molecule has 1 saturated carbocycles. The second-order valence-electron chi connectivity index (χ2n) is 20.0. The zero-order valence-electron chi connectivity index (χ0n) is 38.9.